The Balaban J connectivity index is 4.48. The molecule has 0 aliphatic carbocycles. The molecule has 0 aromatic heterocycles. The van der Waals surface area contributed by atoms with Gasteiger partial charge < -0.3 is 38.4 Å². The van der Waals surface area contributed by atoms with Crippen LogP contribution < -0.4 is 0 Å². The molecule has 1 N–H and O–H groups in total. The Labute approximate surface area is 485 Å². The number of unbranched alkanes of at least 4 members (excludes halogenated alkanes) is 39. The van der Waals surface area contributed by atoms with Crippen molar-refractivity contribution >= 4 is 11.9 Å². The highest BCUT2D eigenvalue weighted by Gasteiger charge is 2.16. The molecule has 466 valence electrons. The Morgan fingerprint density at radius 1 is 0.295 bits per heavy atom. The summed E-state index contributed by atoms with van der Waals surface area (Å²) in [4.78, 5) is 28.1. The number of ether oxygens (including phenoxy) is 6. The highest BCUT2D eigenvalue weighted by atomic mass is 16.7. The minimum absolute atomic E-state index is 0.145. The van der Waals surface area contributed by atoms with Gasteiger partial charge in [-0.05, 0) is 90.3 Å². The summed E-state index contributed by atoms with van der Waals surface area (Å²) >= 11 is 0. The fourth-order valence-electron chi connectivity index (χ4n) is 10.3. The molecule has 0 aliphatic rings. The fourth-order valence-corrected chi connectivity index (χ4v) is 10.3. The standard InChI is InChI=1S/C68H135NO9/c1-5-9-13-17-21-25-29-35-46-61-75-67(76-62-47-36-30-26-22-18-14-10-6-2)53-51-65(71)73-59-45-39-33-34-41-55-69(57-43-44-58-70)56-42-40-50-60-74-66(72)52-54-68(77-63-48-37-31-27-23-19-15-11-7-3)78-64-49-38-32-28-24-20-16-12-8-4/h67-68,70H,5-64H2,1-4H3. The van der Waals surface area contributed by atoms with Gasteiger partial charge in [0, 0.05) is 45.9 Å². The molecule has 0 bridgehead atoms. The van der Waals surface area contributed by atoms with Crippen LogP contribution in [0.3, 0.4) is 0 Å². The van der Waals surface area contributed by atoms with Crippen LogP contribution in [0.1, 0.15) is 349 Å². The molecule has 0 atom stereocenters. The highest BCUT2D eigenvalue weighted by Crippen LogP contribution is 2.17. The molecule has 0 rings (SSSR count). The van der Waals surface area contributed by atoms with Crippen molar-refractivity contribution < 1.29 is 43.1 Å². The Bertz CT molecular complexity index is 1110. The molecular formula is C68H135NO9. The van der Waals surface area contributed by atoms with Gasteiger partial charge in [-0.15, -0.1) is 0 Å². The zero-order valence-corrected chi connectivity index (χ0v) is 52.7. The first-order chi connectivity index (χ1) is 38.5. The second kappa shape index (κ2) is 66.5. The lowest BCUT2D eigenvalue weighted by atomic mass is 10.1. The third kappa shape index (κ3) is 60.8. The Morgan fingerprint density at radius 2 is 0.513 bits per heavy atom. The number of aliphatic hydroxyl groups excluding tert-OH is 1. The van der Waals surface area contributed by atoms with Crippen molar-refractivity contribution in [1.29, 1.82) is 0 Å². The van der Waals surface area contributed by atoms with E-state index >= 15 is 0 Å². The van der Waals surface area contributed by atoms with Crippen molar-refractivity contribution in [3.8, 4) is 0 Å². The zero-order chi connectivity index (χ0) is 56.6. The van der Waals surface area contributed by atoms with Crippen LogP contribution in [0, 0.1) is 0 Å². The lowest BCUT2D eigenvalue weighted by Crippen LogP contribution is -2.27. The second-order valence-electron chi connectivity index (χ2n) is 23.3. The van der Waals surface area contributed by atoms with Crippen molar-refractivity contribution in [2.24, 2.45) is 0 Å². The summed E-state index contributed by atoms with van der Waals surface area (Å²) in [6.07, 6.45) is 57.5. The summed E-state index contributed by atoms with van der Waals surface area (Å²) in [7, 11) is 0. The number of esters is 2. The zero-order valence-electron chi connectivity index (χ0n) is 52.7. The molecule has 78 heavy (non-hydrogen) atoms. The lowest BCUT2D eigenvalue weighted by molar-refractivity contribution is -0.159. The van der Waals surface area contributed by atoms with E-state index in [2.05, 4.69) is 32.6 Å². The molecule has 0 spiro atoms. The molecule has 10 nitrogen and oxygen atoms in total. The van der Waals surface area contributed by atoms with Gasteiger partial charge in [-0.3, -0.25) is 9.59 Å². The van der Waals surface area contributed by atoms with E-state index < -0.39 is 0 Å². The third-order valence-corrected chi connectivity index (χ3v) is 15.5. The number of hydrogen-bond donors (Lipinski definition) is 1. The first kappa shape index (κ1) is 76.7. The van der Waals surface area contributed by atoms with E-state index in [-0.39, 0.29) is 31.1 Å². The Morgan fingerprint density at radius 3 is 0.782 bits per heavy atom. The number of aliphatic hydroxyl groups is 1. The maximum Gasteiger partial charge on any atom is 0.305 e. The van der Waals surface area contributed by atoms with Gasteiger partial charge in [-0.1, -0.05) is 252 Å². The molecular weight excluding hydrogens is 975 g/mol. The quantitative estimate of drug-likeness (QED) is 0.0359. The van der Waals surface area contributed by atoms with Crippen LogP contribution in [0.2, 0.25) is 0 Å². The molecule has 0 unspecified atom stereocenters. The number of carbonyl (C=O) groups excluding carboxylic acids is 2. The summed E-state index contributed by atoms with van der Waals surface area (Å²) in [5.41, 5.74) is 0. The first-order valence-electron chi connectivity index (χ1n) is 34.6. The summed E-state index contributed by atoms with van der Waals surface area (Å²) in [6, 6.07) is 0. The normalized spacial score (nSPS) is 11.8. The summed E-state index contributed by atoms with van der Waals surface area (Å²) in [5, 5.41) is 9.42. The van der Waals surface area contributed by atoms with E-state index in [0.717, 1.165) is 110 Å². The first-order valence-corrected chi connectivity index (χ1v) is 34.6. The molecule has 0 aliphatic heterocycles. The van der Waals surface area contributed by atoms with Crippen molar-refractivity contribution in [2.45, 2.75) is 361 Å². The van der Waals surface area contributed by atoms with Crippen LogP contribution in [0.4, 0.5) is 0 Å². The van der Waals surface area contributed by atoms with Gasteiger partial charge in [-0.25, -0.2) is 0 Å². The Kier molecular flexibility index (Phi) is 65.4. The number of rotatable bonds is 68. The molecule has 0 amide bonds. The van der Waals surface area contributed by atoms with E-state index in [4.69, 9.17) is 28.4 Å². The van der Waals surface area contributed by atoms with Gasteiger partial charge in [0.15, 0.2) is 12.6 Å². The predicted octanol–water partition coefficient (Wildman–Crippen LogP) is 19.7. The SMILES string of the molecule is CCCCCCCCCCCOC(CCC(=O)OCCCCCCCN(CCCCO)CCCCCOC(=O)CCC(OCCCCCCCCCCC)OCCCCCCCCCCC)OCCCCCCCCCCC. The van der Waals surface area contributed by atoms with Crippen molar-refractivity contribution in [1.82, 2.24) is 4.90 Å². The van der Waals surface area contributed by atoms with Crippen LogP contribution in [-0.4, -0.2) is 100 Å². The van der Waals surface area contributed by atoms with Gasteiger partial charge in [0.1, 0.15) is 0 Å². The van der Waals surface area contributed by atoms with E-state index in [9.17, 15) is 14.7 Å². The largest absolute Gasteiger partial charge is 0.466 e. The average Bonchev–Trinajstić information content (AvgIpc) is 3.44. The highest BCUT2D eigenvalue weighted by molar-refractivity contribution is 5.69. The molecule has 0 saturated carbocycles. The second-order valence-corrected chi connectivity index (χ2v) is 23.3. The fraction of sp³-hybridized carbons (Fsp3) is 0.971. The molecule has 10 heteroatoms. The molecule has 0 aromatic rings. The number of nitrogens with zero attached hydrogens (tertiary/aromatic N) is 1. The van der Waals surface area contributed by atoms with E-state index in [0.29, 0.717) is 65.3 Å². The molecule has 0 aromatic carbocycles. The van der Waals surface area contributed by atoms with Crippen LogP contribution in [0.25, 0.3) is 0 Å². The van der Waals surface area contributed by atoms with E-state index in [1.165, 1.54) is 205 Å². The number of carbonyl (C=O) groups is 2. The maximum atomic E-state index is 12.8. The predicted molar refractivity (Wildman–Crippen MR) is 330 cm³/mol. The average molecular weight is 1110 g/mol. The lowest BCUT2D eigenvalue weighted by Gasteiger charge is -2.22. The smallest absolute Gasteiger partial charge is 0.305 e. The van der Waals surface area contributed by atoms with Crippen LogP contribution in [0.15, 0.2) is 0 Å². The van der Waals surface area contributed by atoms with Crippen LogP contribution in [-0.2, 0) is 38.0 Å². The molecule has 0 heterocycles. The summed E-state index contributed by atoms with van der Waals surface area (Å²) < 4.78 is 36.2. The molecule has 0 saturated heterocycles. The Hall–Kier alpha value is -1.30. The van der Waals surface area contributed by atoms with Crippen LogP contribution >= 0.6 is 0 Å². The van der Waals surface area contributed by atoms with Gasteiger partial charge in [0.05, 0.1) is 26.1 Å². The maximum absolute atomic E-state index is 12.8. The monoisotopic (exact) mass is 1110 g/mol. The van der Waals surface area contributed by atoms with E-state index in [1.807, 2.05) is 0 Å². The summed E-state index contributed by atoms with van der Waals surface area (Å²) in [6.45, 7) is 16.1. The van der Waals surface area contributed by atoms with E-state index in [1.54, 1.807) is 0 Å². The van der Waals surface area contributed by atoms with Gasteiger partial charge >= 0.3 is 11.9 Å². The van der Waals surface area contributed by atoms with Gasteiger partial charge in [-0.2, -0.15) is 0 Å². The summed E-state index contributed by atoms with van der Waals surface area (Å²) in [5.74, 6) is -0.297. The van der Waals surface area contributed by atoms with Crippen molar-refractivity contribution in [3.63, 3.8) is 0 Å². The number of hydrogen-bond acceptors (Lipinski definition) is 10. The molecule has 0 radical (unpaired) electrons. The van der Waals surface area contributed by atoms with Crippen molar-refractivity contribution in [3.05, 3.63) is 0 Å². The molecule has 0 fully saturated rings. The third-order valence-electron chi connectivity index (χ3n) is 15.5. The van der Waals surface area contributed by atoms with Crippen molar-refractivity contribution in [2.75, 3.05) is 65.9 Å². The van der Waals surface area contributed by atoms with Gasteiger partial charge in [0.25, 0.3) is 0 Å². The minimum atomic E-state index is -0.338. The van der Waals surface area contributed by atoms with Gasteiger partial charge in [0.2, 0.25) is 0 Å². The minimum Gasteiger partial charge on any atom is -0.466 e. The topological polar surface area (TPSA) is 113 Å². The van der Waals surface area contributed by atoms with Crippen LogP contribution in [0.5, 0.6) is 0 Å².